The van der Waals surface area contributed by atoms with E-state index in [1.165, 1.54) is 17.7 Å². The fourth-order valence-corrected chi connectivity index (χ4v) is 5.90. The van der Waals surface area contributed by atoms with Crippen LogP contribution in [0.5, 0.6) is 11.5 Å². The molecule has 1 saturated carbocycles. The molecule has 3 aliphatic rings. The molecule has 0 radical (unpaired) electrons. The number of phenolic OH excluding ortho intramolecular Hbond substituents is 1. The minimum atomic E-state index is -0.986. The topological polar surface area (TPSA) is 97.9 Å². The quantitative estimate of drug-likeness (QED) is 0.332. The van der Waals surface area contributed by atoms with Gasteiger partial charge in [0, 0.05) is 36.1 Å². The second kappa shape index (κ2) is 8.55. The number of aromatic hydroxyl groups is 1. The molecule has 3 amide bonds. The molecule has 2 fully saturated rings. The number of methoxy groups -OCH3 is 1. The van der Waals surface area contributed by atoms with Gasteiger partial charge in [0.05, 0.1) is 13.2 Å². The zero-order chi connectivity index (χ0) is 25.0. The molecule has 1 unspecified atom stereocenters. The summed E-state index contributed by atoms with van der Waals surface area (Å²) < 4.78 is 5.47. The van der Waals surface area contributed by atoms with Crippen LogP contribution in [-0.2, 0) is 17.6 Å². The second-order valence-corrected chi connectivity index (χ2v) is 10.5. The normalized spacial score (nSPS) is 23.3. The first-order valence-corrected chi connectivity index (χ1v) is 12.7. The SMILES string of the molecule is COc1ccc2[nH]c3c(c2c1)C[C@@]1(C)C(=O)N(CCNCC2CC2)C(=O)N1C3Cc1cccc(O)c1. The summed E-state index contributed by atoms with van der Waals surface area (Å²) in [4.78, 5) is 34.4. The van der Waals surface area contributed by atoms with E-state index in [-0.39, 0.29) is 23.7 Å². The Bertz CT molecular complexity index is 1350. The molecule has 1 aliphatic carbocycles. The number of fused-ring (bicyclic) bond motifs is 4. The number of imide groups is 1. The van der Waals surface area contributed by atoms with Gasteiger partial charge in [0.25, 0.3) is 5.91 Å². The van der Waals surface area contributed by atoms with Gasteiger partial charge in [-0.25, -0.2) is 4.79 Å². The highest BCUT2D eigenvalue weighted by atomic mass is 16.5. The van der Waals surface area contributed by atoms with Crippen LogP contribution >= 0.6 is 0 Å². The third kappa shape index (κ3) is 3.71. The number of carbonyl (C=O) groups is 2. The highest BCUT2D eigenvalue weighted by Crippen LogP contribution is 2.47. The van der Waals surface area contributed by atoms with Gasteiger partial charge in [0.15, 0.2) is 0 Å². The highest BCUT2D eigenvalue weighted by molar-refractivity contribution is 6.08. The molecule has 3 aromatic rings. The van der Waals surface area contributed by atoms with E-state index >= 15 is 0 Å². The first-order valence-electron chi connectivity index (χ1n) is 12.7. The molecule has 1 aromatic heterocycles. The number of urea groups is 1. The number of aromatic amines is 1. The molecular formula is C28H32N4O4. The molecular weight excluding hydrogens is 456 g/mol. The molecule has 8 heteroatoms. The largest absolute Gasteiger partial charge is 0.508 e. The van der Waals surface area contributed by atoms with Crippen LogP contribution in [0.2, 0.25) is 0 Å². The smallest absolute Gasteiger partial charge is 0.328 e. The van der Waals surface area contributed by atoms with Gasteiger partial charge < -0.3 is 25.0 Å². The van der Waals surface area contributed by atoms with E-state index in [1.807, 2.05) is 31.2 Å². The third-order valence-electron chi connectivity index (χ3n) is 7.97. The summed E-state index contributed by atoms with van der Waals surface area (Å²) in [6, 6.07) is 12.4. The average molecular weight is 489 g/mol. The first kappa shape index (κ1) is 22.9. The number of nitrogens with zero attached hydrogens (tertiary/aromatic N) is 2. The minimum absolute atomic E-state index is 0.149. The summed E-state index contributed by atoms with van der Waals surface area (Å²) >= 11 is 0. The Morgan fingerprint density at radius 1 is 1.19 bits per heavy atom. The molecule has 2 aromatic carbocycles. The van der Waals surface area contributed by atoms with Gasteiger partial charge in [-0.15, -0.1) is 0 Å². The minimum Gasteiger partial charge on any atom is -0.508 e. The van der Waals surface area contributed by atoms with Gasteiger partial charge in [-0.1, -0.05) is 12.1 Å². The van der Waals surface area contributed by atoms with E-state index in [4.69, 9.17) is 4.74 Å². The third-order valence-corrected chi connectivity index (χ3v) is 7.97. The van der Waals surface area contributed by atoms with Crippen molar-refractivity contribution in [3.05, 3.63) is 59.3 Å². The highest BCUT2D eigenvalue weighted by Gasteiger charge is 2.59. The van der Waals surface area contributed by atoms with Crippen molar-refractivity contribution in [2.45, 2.75) is 44.2 Å². The molecule has 3 N–H and O–H groups in total. The van der Waals surface area contributed by atoms with Crippen LogP contribution in [0.4, 0.5) is 4.79 Å². The Hall–Kier alpha value is -3.52. The van der Waals surface area contributed by atoms with Crippen LogP contribution in [0.25, 0.3) is 10.9 Å². The van der Waals surface area contributed by atoms with Gasteiger partial charge in [0.2, 0.25) is 0 Å². The molecule has 6 rings (SSSR count). The first-order chi connectivity index (χ1) is 17.4. The fourth-order valence-electron chi connectivity index (χ4n) is 5.90. The number of phenols is 1. The van der Waals surface area contributed by atoms with Gasteiger partial charge in [0.1, 0.15) is 17.0 Å². The van der Waals surface area contributed by atoms with Crippen LogP contribution in [-0.4, -0.2) is 64.1 Å². The van der Waals surface area contributed by atoms with Crippen molar-refractivity contribution in [1.82, 2.24) is 20.1 Å². The maximum Gasteiger partial charge on any atom is 0.328 e. The van der Waals surface area contributed by atoms with Crippen molar-refractivity contribution < 1.29 is 19.4 Å². The van der Waals surface area contributed by atoms with E-state index in [0.29, 0.717) is 25.9 Å². The van der Waals surface area contributed by atoms with Gasteiger partial charge in [-0.05, 0) is 80.1 Å². The summed E-state index contributed by atoms with van der Waals surface area (Å²) in [5, 5.41) is 14.5. The maximum absolute atomic E-state index is 13.8. The average Bonchev–Trinajstić information content (AvgIpc) is 3.59. The lowest BCUT2D eigenvalue weighted by molar-refractivity contribution is -0.133. The van der Waals surface area contributed by atoms with Crippen LogP contribution in [0.3, 0.4) is 0 Å². The van der Waals surface area contributed by atoms with Crippen LogP contribution in [0, 0.1) is 5.92 Å². The number of hydrogen-bond donors (Lipinski definition) is 3. The monoisotopic (exact) mass is 488 g/mol. The predicted octanol–water partition coefficient (Wildman–Crippen LogP) is 3.74. The Morgan fingerprint density at radius 2 is 2.03 bits per heavy atom. The Morgan fingerprint density at radius 3 is 2.78 bits per heavy atom. The van der Waals surface area contributed by atoms with Crippen LogP contribution in [0.15, 0.2) is 42.5 Å². The van der Waals surface area contributed by atoms with E-state index in [1.54, 1.807) is 30.2 Å². The number of rotatable bonds is 8. The second-order valence-electron chi connectivity index (χ2n) is 10.5. The molecule has 2 aliphatic heterocycles. The molecule has 3 heterocycles. The number of benzene rings is 2. The van der Waals surface area contributed by atoms with Crippen molar-refractivity contribution in [2.24, 2.45) is 5.92 Å². The zero-order valence-electron chi connectivity index (χ0n) is 20.7. The number of H-pyrrole nitrogens is 1. The molecule has 36 heavy (non-hydrogen) atoms. The number of hydrogen-bond acceptors (Lipinski definition) is 5. The van der Waals surface area contributed by atoms with Gasteiger partial charge in [-0.2, -0.15) is 0 Å². The zero-order valence-corrected chi connectivity index (χ0v) is 20.7. The fraction of sp³-hybridized carbons (Fsp3) is 0.429. The lowest BCUT2D eigenvalue weighted by Crippen LogP contribution is -2.53. The summed E-state index contributed by atoms with van der Waals surface area (Å²) in [5.41, 5.74) is 2.85. The number of amides is 3. The van der Waals surface area contributed by atoms with Crippen molar-refractivity contribution >= 4 is 22.8 Å². The molecule has 1 saturated heterocycles. The summed E-state index contributed by atoms with van der Waals surface area (Å²) in [5.74, 6) is 1.52. The van der Waals surface area contributed by atoms with E-state index in [9.17, 15) is 14.7 Å². The van der Waals surface area contributed by atoms with Gasteiger partial charge >= 0.3 is 6.03 Å². The summed E-state index contributed by atoms with van der Waals surface area (Å²) in [6.07, 6.45) is 3.43. The Kier molecular flexibility index (Phi) is 5.44. The number of aromatic nitrogens is 1. The van der Waals surface area contributed by atoms with Gasteiger partial charge in [-0.3, -0.25) is 9.69 Å². The summed E-state index contributed by atoms with van der Waals surface area (Å²) in [6.45, 7) is 3.79. The number of ether oxygens (including phenoxy) is 1. The Balaban J connectivity index is 1.39. The molecule has 2 atom stereocenters. The lowest BCUT2D eigenvalue weighted by atomic mass is 9.81. The molecule has 188 valence electrons. The van der Waals surface area contributed by atoms with Crippen molar-refractivity contribution in [3.63, 3.8) is 0 Å². The van der Waals surface area contributed by atoms with E-state index < -0.39 is 5.54 Å². The van der Waals surface area contributed by atoms with Crippen molar-refractivity contribution in [2.75, 3.05) is 26.7 Å². The number of nitrogens with one attached hydrogen (secondary N) is 2. The lowest BCUT2D eigenvalue weighted by Gasteiger charge is -2.42. The Labute approximate surface area is 210 Å². The van der Waals surface area contributed by atoms with Crippen molar-refractivity contribution in [1.29, 1.82) is 0 Å². The van der Waals surface area contributed by atoms with E-state index in [2.05, 4.69) is 10.3 Å². The molecule has 0 bridgehead atoms. The standard InChI is InChI=1S/C28H32N4O4/c1-28-15-22-21-14-20(36-2)8-9-23(21)30-25(22)24(13-18-4-3-5-19(33)12-18)32(28)27(35)31(26(28)34)11-10-29-16-17-6-7-17/h3-5,8-9,12,14,17,24,29-30,33H,6-7,10-11,13,15-16H2,1-2H3/t24?,28-/m0/s1. The maximum atomic E-state index is 13.8. The van der Waals surface area contributed by atoms with Crippen molar-refractivity contribution in [3.8, 4) is 11.5 Å². The molecule has 0 spiro atoms. The predicted molar refractivity (Wildman–Crippen MR) is 136 cm³/mol. The van der Waals surface area contributed by atoms with Crippen LogP contribution < -0.4 is 10.1 Å². The number of carbonyl (C=O) groups excluding carboxylic acids is 2. The van der Waals surface area contributed by atoms with Crippen LogP contribution in [0.1, 0.15) is 42.6 Å². The van der Waals surface area contributed by atoms with E-state index in [0.717, 1.165) is 45.9 Å². The molecule has 8 nitrogen and oxygen atoms in total. The summed E-state index contributed by atoms with van der Waals surface area (Å²) in [7, 11) is 1.64.